The van der Waals surface area contributed by atoms with E-state index in [9.17, 15) is 15.3 Å². The Morgan fingerprint density at radius 1 is 0.970 bits per heavy atom. The molecule has 8 heteroatoms. The van der Waals surface area contributed by atoms with Gasteiger partial charge < -0.3 is 24.8 Å². The summed E-state index contributed by atoms with van der Waals surface area (Å²) in [6.45, 7) is 4.67. The largest absolute Gasteiger partial charge is 0.463 e. The van der Waals surface area contributed by atoms with Gasteiger partial charge in [0.1, 0.15) is 24.4 Å². The normalized spacial score (nSPS) is 25.2. The molecule has 0 bridgehead atoms. The summed E-state index contributed by atoms with van der Waals surface area (Å²) in [5.41, 5.74) is 2.39. The third kappa shape index (κ3) is 6.87. The van der Waals surface area contributed by atoms with Gasteiger partial charge in [-0.1, -0.05) is 63.3 Å². The van der Waals surface area contributed by atoms with Crippen LogP contribution in [0.1, 0.15) is 75.2 Å². The number of halogens is 1. The molecule has 5 atom stereocenters. The third-order valence-corrected chi connectivity index (χ3v) is 6.44. The fraction of sp³-hybridized carbons (Fsp3) is 0.600. The second-order valence-corrected chi connectivity index (χ2v) is 9.05. The predicted octanol–water partition coefficient (Wildman–Crippen LogP) is 4.00. The Labute approximate surface area is 200 Å². The number of hydrogen-bond donors (Lipinski definition) is 3. The first-order valence-electron chi connectivity index (χ1n) is 11.9. The molecule has 0 unspecified atom stereocenters. The number of aromatic nitrogens is 2. The van der Waals surface area contributed by atoms with Crippen LogP contribution in [0.2, 0.25) is 5.02 Å². The standard InChI is InChI=1S/C25H35ClN2O5/c1-3-5-6-7-8-11-32-25-27-14-16(15-28-25)12-18-13-17(9-10-19(18)26)24-23(31)22(30)21(29)20(4-2)33-24/h9-10,13-15,20-24,29-31H,3-8,11-12H2,1-2H3/t20-,21-,22+,23-,24+/m1/s1. The Morgan fingerprint density at radius 2 is 1.70 bits per heavy atom. The molecule has 2 heterocycles. The topological polar surface area (TPSA) is 105 Å². The molecule has 0 saturated carbocycles. The number of hydrogen-bond acceptors (Lipinski definition) is 7. The Balaban J connectivity index is 1.63. The van der Waals surface area contributed by atoms with E-state index in [1.54, 1.807) is 24.5 Å². The van der Waals surface area contributed by atoms with Crippen LogP contribution in [0.4, 0.5) is 0 Å². The van der Waals surface area contributed by atoms with Crippen molar-refractivity contribution in [1.82, 2.24) is 9.97 Å². The van der Waals surface area contributed by atoms with Crippen molar-refractivity contribution >= 4 is 11.6 Å². The average Bonchev–Trinajstić information content (AvgIpc) is 2.82. The molecule has 0 aliphatic carbocycles. The zero-order chi connectivity index (χ0) is 23.8. The first-order valence-corrected chi connectivity index (χ1v) is 12.2. The SMILES string of the molecule is CCCCCCCOc1ncc(Cc2cc([C@@H]3O[C@H](CC)[C@@H](O)[C@H](O)[C@H]3O)ccc2Cl)cn1. The van der Waals surface area contributed by atoms with Crippen LogP contribution in [-0.2, 0) is 11.2 Å². The van der Waals surface area contributed by atoms with Crippen LogP contribution in [-0.4, -0.2) is 56.3 Å². The summed E-state index contributed by atoms with van der Waals surface area (Å²) in [4.78, 5) is 8.60. The summed E-state index contributed by atoms with van der Waals surface area (Å²) in [6, 6.07) is 5.74. The van der Waals surface area contributed by atoms with Crippen molar-refractivity contribution in [3.8, 4) is 6.01 Å². The van der Waals surface area contributed by atoms with Gasteiger partial charge in [0, 0.05) is 23.8 Å². The van der Waals surface area contributed by atoms with Crippen LogP contribution in [0.5, 0.6) is 6.01 Å². The first-order chi connectivity index (χ1) is 15.9. The van der Waals surface area contributed by atoms with Crippen molar-refractivity contribution in [2.75, 3.05) is 6.61 Å². The highest BCUT2D eigenvalue weighted by Gasteiger charge is 2.43. The van der Waals surface area contributed by atoms with E-state index in [1.807, 2.05) is 13.0 Å². The number of ether oxygens (including phenoxy) is 2. The van der Waals surface area contributed by atoms with Gasteiger partial charge >= 0.3 is 6.01 Å². The van der Waals surface area contributed by atoms with Gasteiger partial charge in [-0.15, -0.1) is 0 Å². The van der Waals surface area contributed by atoms with Gasteiger partial charge in [0.2, 0.25) is 0 Å². The van der Waals surface area contributed by atoms with Gasteiger partial charge in [0.25, 0.3) is 0 Å². The fourth-order valence-electron chi connectivity index (χ4n) is 4.07. The van der Waals surface area contributed by atoms with Gasteiger partial charge in [-0.05, 0) is 35.6 Å². The molecule has 1 saturated heterocycles. The maximum atomic E-state index is 10.5. The number of rotatable bonds is 11. The van der Waals surface area contributed by atoms with Gasteiger partial charge in [0.15, 0.2) is 0 Å². The van der Waals surface area contributed by atoms with Crippen LogP contribution in [0.25, 0.3) is 0 Å². The molecule has 3 N–H and O–H groups in total. The van der Waals surface area contributed by atoms with Gasteiger partial charge in [-0.3, -0.25) is 0 Å². The van der Waals surface area contributed by atoms with Gasteiger partial charge in [-0.2, -0.15) is 0 Å². The summed E-state index contributed by atoms with van der Waals surface area (Å²) >= 11 is 6.42. The minimum absolute atomic E-state index is 0.367. The summed E-state index contributed by atoms with van der Waals surface area (Å²) in [5, 5.41) is 31.4. The third-order valence-electron chi connectivity index (χ3n) is 6.07. The van der Waals surface area contributed by atoms with Crippen LogP contribution in [0, 0.1) is 0 Å². The van der Waals surface area contributed by atoms with Crippen molar-refractivity contribution < 1.29 is 24.8 Å². The number of benzene rings is 1. The molecular weight excluding hydrogens is 444 g/mol. The lowest BCUT2D eigenvalue weighted by molar-refractivity contribution is -0.225. The highest BCUT2D eigenvalue weighted by molar-refractivity contribution is 6.31. The van der Waals surface area contributed by atoms with Crippen LogP contribution in [0.15, 0.2) is 30.6 Å². The molecule has 7 nitrogen and oxygen atoms in total. The first kappa shape index (κ1) is 25.8. The number of aliphatic hydroxyl groups excluding tert-OH is 3. The van der Waals surface area contributed by atoms with E-state index in [2.05, 4.69) is 16.9 Å². The molecule has 1 aromatic heterocycles. The second kappa shape index (κ2) is 12.6. The highest BCUT2D eigenvalue weighted by atomic mass is 35.5. The Hall–Kier alpha value is -1.77. The predicted molar refractivity (Wildman–Crippen MR) is 126 cm³/mol. The zero-order valence-electron chi connectivity index (χ0n) is 19.4. The quantitative estimate of drug-likeness (QED) is 0.419. The van der Waals surface area contributed by atoms with E-state index in [-0.39, 0.29) is 0 Å². The van der Waals surface area contributed by atoms with E-state index in [4.69, 9.17) is 21.1 Å². The van der Waals surface area contributed by atoms with Gasteiger partial charge in [-0.25, -0.2) is 9.97 Å². The molecule has 1 aliphatic heterocycles. The molecule has 33 heavy (non-hydrogen) atoms. The Kier molecular flexibility index (Phi) is 9.89. The lowest BCUT2D eigenvalue weighted by Crippen LogP contribution is -2.53. The maximum absolute atomic E-state index is 10.5. The molecule has 1 aromatic carbocycles. The second-order valence-electron chi connectivity index (χ2n) is 8.64. The van der Waals surface area contributed by atoms with Crippen molar-refractivity contribution in [2.24, 2.45) is 0 Å². The molecular formula is C25H35ClN2O5. The Bertz CT molecular complexity index is 864. The van der Waals surface area contributed by atoms with E-state index < -0.39 is 30.5 Å². The molecule has 1 aliphatic rings. The van der Waals surface area contributed by atoms with E-state index in [1.165, 1.54) is 19.3 Å². The smallest absolute Gasteiger partial charge is 0.316 e. The maximum Gasteiger partial charge on any atom is 0.316 e. The van der Waals surface area contributed by atoms with E-state index >= 15 is 0 Å². The molecule has 0 radical (unpaired) electrons. The molecule has 2 aromatic rings. The van der Waals surface area contributed by atoms with Crippen molar-refractivity contribution in [3.63, 3.8) is 0 Å². The lowest BCUT2D eigenvalue weighted by Gasteiger charge is -2.40. The zero-order valence-corrected chi connectivity index (χ0v) is 20.1. The molecule has 182 valence electrons. The van der Waals surface area contributed by atoms with Crippen LogP contribution in [0.3, 0.4) is 0 Å². The molecule has 1 fully saturated rings. The minimum atomic E-state index is -1.28. The number of aliphatic hydroxyl groups is 3. The highest BCUT2D eigenvalue weighted by Crippen LogP contribution is 2.35. The molecule has 0 amide bonds. The average molecular weight is 479 g/mol. The molecule has 3 rings (SSSR count). The summed E-state index contributed by atoms with van der Waals surface area (Å²) in [7, 11) is 0. The van der Waals surface area contributed by atoms with Gasteiger partial charge in [0.05, 0.1) is 12.7 Å². The van der Waals surface area contributed by atoms with Crippen molar-refractivity contribution in [1.29, 1.82) is 0 Å². The summed E-state index contributed by atoms with van der Waals surface area (Å²) in [5.74, 6) is 0. The van der Waals surface area contributed by atoms with E-state index in [0.717, 1.165) is 24.0 Å². The summed E-state index contributed by atoms with van der Waals surface area (Å²) < 4.78 is 11.5. The number of unbranched alkanes of at least 4 members (excludes halogenated alkanes) is 4. The van der Waals surface area contributed by atoms with Crippen molar-refractivity contribution in [3.05, 3.63) is 52.3 Å². The lowest BCUT2D eigenvalue weighted by atomic mass is 9.89. The minimum Gasteiger partial charge on any atom is -0.463 e. The molecule has 0 spiro atoms. The fourth-order valence-corrected chi connectivity index (χ4v) is 4.25. The van der Waals surface area contributed by atoms with Crippen LogP contribution >= 0.6 is 11.6 Å². The number of nitrogens with zero attached hydrogens (tertiary/aromatic N) is 2. The van der Waals surface area contributed by atoms with Crippen molar-refractivity contribution in [2.45, 2.75) is 89.3 Å². The Morgan fingerprint density at radius 3 is 2.39 bits per heavy atom. The monoisotopic (exact) mass is 478 g/mol. The van der Waals surface area contributed by atoms with E-state index in [0.29, 0.717) is 36.0 Å². The summed E-state index contributed by atoms with van der Waals surface area (Å²) in [6.07, 6.45) is 5.35. The van der Waals surface area contributed by atoms with Crippen LogP contribution < -0.4 is 4.74 Å².